The molecule has 1 rings (SSSR count). The Bertz CT molecular complexity index is 221. The third-order valence-electron chi connectivity index (χ3n) is 4.05. The molecule has 0 aromatic heterocycles. The average molecular weight is 256 g/mol. The van der Waals surface area contributed by atoms with E-state index < -0.39 is 0 Å². The van der Waals surface area contributed by atoms with E-state index in [1.807, 2.05) is 0 Å². The molecule has 0 radical (unpaired) electrons. The summed E-state index contributed by atoms with van der Waals surface area (Å²) < 4.78 is 5.84. The zero-order chi connectivity index (χ0) is 13.5. The van der Waals surface area contributed by atoms with Crippen molar-refractivity contribution in [2.75, 3.05) is 26.2 Å². The highest BCUT2D eigenvalue weighted by Gasteiger charge is 2.22. The van der Waals surface area contributed by atoms with Crippen LogP contribution >= 0.6 is 0 Å². The van der Waals surface area contributed by atoms with E-state index in [1.54, 1.807) is 0 Å². The van der Waals surface area contributed by atoms with E-state index in [0.717, 1.165) is 32.2 Å². The number of hydrogen-bond donors (Lipinski definition) is 1. The quantitative estimate of drug-likeness (QED) is 0.757. The molecule has 1 heterocycles. The third-order valence-corrected chi connectivity index (χ3v) is 4.05. The largest absolute Gasteiger partial charge is 0.374 e. The maximum atomic E-state index is 5.84. The number of nitrogens with one attached hydrogen (secondary N) is 1. The van der Waals surface area contributed by atoms with Crippen LogP contribution in [0.25, 0.3) is 0 Å². The van der Waals surface area contributed by atoms with Crippen molar-refractivity contribution in [1.29, 1.82) is 0 Å². The molecule has 3 heteroatoms. The lowest BCUT2D eigenvalue weighted by Crippen LogP contribution is -2.50. The summed E-state index contributed by atoms with van der Waals surface area (Å²) in [5.74, 6) is 0.812. The first-order valence-electron chi connectivity index (χ1n) is 7.62. The second-order valence-corrected chi connectivity index (χ2v) is 6.14. The molecule has 0 saturated carbocycles. The van der Waals surface area contributed by atoms with E-state index in [9.17, 15) is 0 Å². The van der Waals surface area contributed by atoms with Gasteiger partial charge in [0, 0.05) is 31.7 Å². The molecule has 1 saturated heterocycles. The van der Waals surface area contributed by atoms with Crippen molar-refractivity contribution in [2.24, 2.45) is 5.92 Å². The first-order valence-corrected chi connectivity index (χ1v) is 7.62. The van der Waals surface area contributed by atoms with Crippen molar-refractivity contribution >= 4 is 0 Å². The third kappa shape index (κ3) is 5.68. The average Bonchev–Trinajstić information content (AvgIpc) is 2.36. The van der Waals surface area contributed by atoms with Crippen LogP contribution in [-0.4, -0.2) is 49.3 Å². The molecule has 0 aliphatic carbocycles. The Morgan fingerprint density at radius 2 is 2.00 bits per heavy atom. The minimum absolute atomic E-state index is 0.362. The molecule has 18 heavy (non-hydrogen) atoms. The lowest BCUT2D eigenvalue weighted by atomic mass is 10.0. The molecule has 0 aromatic carbocycles. The van der Waals surface area contributed by atoms with Gasteiger partial charge in [-0.1, -0.05) is 20.3 Å². The lowest BCUT2D eigenvalue weighted by Gasteiger charge is -2.36. The zero-order valence-corrected chi connectivity index (χ0v) is 12.9. The van der Waals surface area contributed by atoms with Gasteiger partial charge >= 0.3 is 0 Å². The molecule has 108 valence electrons. The van der Waals surface area contributed by atoms with E-state index in [-0.39, 0.29) is 0 Å². The molecule has 0 aromatic rings. The summed E-state index contributed by atoms with van der Waals surface area (Å²) in [6.07, 6.45) is 2.89. The molecule has 1 N–H and O–H groups in total. The zero-order valence-electron chi connectivity index (χ0n) is 12.9. The van der Waals surface area contributed by atoms with E-state index >= 15 is 0 Å². The van der Waals surface area contributed by atoms with Crippen molar-refractivity contribution < 1.29 is 4.74 Å². The summed E-state index contributed by atoms with van der Waals surface area (Å²) in [6.45, 7) is 15.4. The Morgan fingerprint density at radius 1 is 1.28 bits per heavy atom. The Balaban J connectivity index is 2.22. The molecular weight excluding hydrogens is 224 g/mol. The van der Waals surface area contributed by atoms with Gasteiger partial charge in [-0.3, -0.25) is 4.90 Å². The van der Waals surface area contributed by atoms with Crippen molar-refractivity contribution in [3.05, 3.63) is 0 Å². The molecule has 3 atom stereocenters. The fraction of sp³-hybridized carbons (Fsp3) is 1.00. The van der Waals surface area contributed by atoms with Crippen LogP contribution in [0.2, 0.25) is 0 Å². The second kappa shape index (κ2) is 8.13. The predicted molar refractivity (Wildman–Crippen MR) is 78.0 cm³/mol. The molecule has 0 bridgehead atoms. The summed E-state index contributed by atoms with van der Waals surface area (Å²) in [6, 6.07) is 1.23. The van der Waals surface area contributed by atoms with E-state index in [4.69, 9.17) is 4.74 Å². The van der Waals surface area contributed by atoms with Crippen LogP contribution in [0.15, 0.2) is 0 Å². The van der Waals surface area contributed by atoms with Gasteiger partial charge in [0.05, 0.1) is 12.7 Å². The summed E-state index contributed by atoms with van der Waals surface area (Å²) >= 11 is 0. The molecule has 0 amide bonds. The summed E-state index contributed by atoms with van der Waals surface area (Å²) in [7, 11) is 0. The predicted octanol–water partition coefficient (Wildman–Crippen LogP) is 2.51. The highest BCUT2D eigenvalue weighted by Crippen LogP contribution is 2.11. The van der Waals surface area contributed by atoms with E-state index in [0.29, 0.717) is 18.2 Å². The maximum absolute atomic E-state index is 5.84. The van der Waals surface area contributed by atoms with E-state index in [1.165, 1.54) is 12.8 Å². The van der Waals surface area contributed by atoms with Gasteiger partial charge in [-0.05, 0) is 33.1 Å². The summed E-state index contributed by atoms with van der Waals surface area (Å²) in [4.78, 5) is 2.51. The van der Waals surface area contributed by atoms with Gasteiger partial charge in [0.25, 0.3) is 0 Å². The Kier molecular flexibility index (Phi) is 7.20. The Hall–Kier alpha value is -0.120. The first-order chi connectivity index (χ1) is 8.52. The van der Waals surface area contributed by atoms with Crippen LogP contribution in [0, 0.1) is 5.92 Å². The lowest BCUT2D eigenvalue weighted by molar-refractivity contribution is -0.0381. The van der Waals surface area contributed by atoms with Crippen LogP contribution in [0.3, 0.4) is 0 Å². The van der Waals surface area contributed by atoms with Gasteiger partial charge in [-0.15, -0.1) is 0 Å². The topological polar surface area (TPSA) is 24.5 Å². The van der Waals surface area contributed by atoms with Gasteiger partial charge in [-0.25, -0.2) is 0 Å². The molecule has 1 aliphatic heterocycles. The molecule has 3 unspecified atom stereocenters. The van der Waals surface area contributed by atoms with Crippen LogP contribution in [0.4, 0.5) is 0 Å². The number of rotatable bonds is 7. The molecule has 3 nitrogen and oxygen atoms in total. The molecule has 1 fully saturated rings. The van der Waals surface area contributed by atoms with Crippen molar-refractivity contribution in [3.63, 3.8) is 0 Å². The monoisotopic (exact) mass is 256 g/mol. The SMILES string of the molecule is CCC(C)CC(C)NCC1CN(C(C)C)CCO1. The Morgan fingerprint density at radius 3 is 2.61 bits per heavy atom. The van der Waals surface area contributed by atoms with Crippen molar-refractivity contribution in [2.45, 2.75) is 65.6 Å². The maximum Gasteiger partial charge on any atom is 0.0826 e. The number of ether oxygens (including phenoxy) is 1. The molecule has 0 spiro atoms. The molecular formula is C15H32N2O. The Labute approximate surface area is 113 Å². The van der Waals surface area contributed by atoms with Gasteiger partial charge in [0.1, 0.15) is 0 Å². The highest BCUT2D eigenvalue weighted by atomic mass is 16.5. The minimum Gasteiger partial charge on any atom is -0.374 e. The van der Waals surface area contributed by atoms with Crippen LogP contribution in [0.5, 0.6) is 0 Å². The second-order valence-electron chi connectivity index (χ2n) is 6.14. The van der Waals surface area contributed by atoms with Crippen molar-refractivity contribution in [1.82, 2.24) is 10.2 Å². The number of hydrogen-bond acceptors (Lipinski definition) is 3. The normalized spacial score (nSPS) is 25.3. The van der Waals surface area contributed by atoms with E-state index in [2.05, 4.69) is 44.8 Å². The number of nitrogens with zero attached hydrogens (tertiary/aromatic N) is 1. The first kappa shape index (κ1) is 15.9. The van der Waals surface area contributed by atoms with Gasteiger partial charge in [-0.2, -0.15) is 0 Å². The standard InChI is InChI=1S/C15H32N2O/c1-6-13(4)9-14(5)16-10-15-11-17(12(2)3)7-8-18-15/h12-16H,6-11H2,1-5H3. The number of morpholine rings is 1. The van der Waals surface area contributed by atoms with Crippen LogP contribution in [-0.2, 0) is 4.74 Å². The fourth-order valence-corrected chi connectivity index (χ4v) is 2.52. The minimum atomic E-state index is 0.362. The van der Waals surface area contributed by atoms with Gasteiger partial charge < -0.3 is 10.1 Å². The molecule has 1 aliphatic rings. The van der Waals surface area contributed by atoms with Crippen LogP contribution < -0.4 is 5.32 Å². The van der Waals surface area contributed by atoms with Crippen molar-refractivity contribution in [3.8, 4) is 0 Å². The van der Waals surface area contributed by atoms with Crippen LogP contribution in [0.1, 0.15) is 47.5 Å². The fourth-order valence-electron chi connectivity index (χ4n) is 2.52. The summed E-state index contributed by atoms with van der Waals surface area (Å²) in [5.41, 5.74) is 0. The van der Waals surface area contributed by atoms with Gasteiger partial charge in [0.15, 0.2) is 0 Å². The highest BCUT2D eigenvalue weighted by molar-refractivity contribution is 4.77. The van der Waals surface area contributed by atoms with Gasteiger partial charge in [0.2, 0.25) is 0 Å². The summed E-state index contributed by atoms with van der Waals surface area (Å²) in [5, 5.41) is 3.63. The smallest absolute Gasteiger partial charge is 0.0826 e.